The highest BCUT2D eigenvalue weighted by atomic mass is 31.1. The monoisotopic (exact) mass is 584 g/mol. The Bertz CT molecular complexity index is 2030. The Balaban J connectivity index is 1.18. The van der Waals surface area contributed by atoms with Crippen LogP contribution in [0.5, 0.6) is 11.5 Å². The van der Waals surface area contributed by atoms with Crippen LogP contribution in [0.1, 0.15) is 0 Å². The number of para-hydroxylation sites is 1. The standard InChI is InChI=1S/C38H25N4OP/c1-4-12-26(13-5-1)36-40-37(27-14-6-2-7-15-27)42-38(41-36)31-22-20-29(25-39-31)28-21-23-33-35(24-28)44(30-16-8-3-9-17-30)34-19-11-10-18-32(34)43-33/h1-25H. The summed E-state index contributed by atoms with van der Waals surface area (Å²) in [4.78, 5) is 19.3. The summed E-state index contributed by atoms with van der Waals surface area (Å²) < 4.78 is 6.37. The lowest BCUT2D eigenvalue weighted by atomic mass is 10.1. The van der Waals surface area contributed by atoms with Gasteiger partial charge in [-0.25, -0.2) is 15.0 Å². The lowest BCUT2D eigenvalue weighted by molar-refractivity contribution is 0.488. The van der Waals surface area contributed by atoms with Crippen molar-refractivity contribution in [3.05, 3.63) is 152 Å². The van der Waals surface area contributed by atoms with Gasteiger partial charge in [-0.1, -0.05) is 121 Å². The molecular weight excluding hydrogens is 559 g/mol. The molecule has 6 heteroatoms. The molecule has 0 spiro atoms. The summed E-state index contributed by atoms with van der Waals surface area (Å²) in [6.07, 6.45) is 1.90. The highest BCUT2D eigenvalue weighted by molar-refractivity contribution is 7.80. The van der Waals surface area contributed by atoms with Crippen molar-refractivity contribution in [1.82, 2.24) is 19.9 Å². The number of hydrogen-bond acceptors (Lipinski definition) is 5. The van der Waals surface area contributed by atoms with Crippen LogP contribution >= 0.6 is 7.92 Å². The Morgan fingerprint density at radius 1 is 0.432 bits per heavy atom. The summed E-state index contributed by atoms with van der Waals surface area (Å²) in [7, 11) is -0.772. The largest absolute Gasteiger partial charge is 0.456 e. The minimum atomic E-state index is -0.772. The van der Waals surface area contributed by atoms with Crippen molar-refractivity contribution in [2.24, 2.45) is 0 Å². The Kier molecular flexibility index (Phi) is 6.71. The maximum Gasteiger partial charge on any atom is 0.182 e. The van der Waals surface area contributed by atoms with Crippen LogP contribution in [-0.4, -0.2) is 19.9 Å². The second kappa shape index (κ2) is 11.3. The second-order valence-corrected chi connectivity index (χ2v) is 12.5. The van der Waals surface area contributed by atoms with E-state index in [0.717, 1.165) is 33.8 Å². The van der Waals surface area contributed by atoms with Gasteiger partial charge in [0.25, 0.3) is 0 Å². The van der Waals surface area contributed by atoms with Crippen molar-refractivity contribution in [2.45, 2.75) is 0 Å². The van der Waals surface area contributed by atoms with E-state index in [4.69, 9.17) is 24.7 Å². The molecule has 0 N–H and O–H groups in total. The Morgan fingerprint density at radius 3 is 1.66 bits per heavy atom. The Hall–Kier alpha value is -5.51. The van der Waals surface area contributed by atoms with Gasteiger partial charge < -0.3 is 4.74 Å². The molecule has 1 unspecified atom stereocenters. The van der Waals surface area contributed by atoms with E-state index in [1.807, 2.05) is 79.0 Å². The van der Waals surface area contributed by atoms with Crippen molar-refractivity contribution in [1.29, 1.82) is 0 Å². The summed E-state index contributed by atoms with van der Waals surface area (Å²) in [5.74, 6) is 3.59. The van der Waals surface area contributed by atoms with Crippen LogP contribution in [0.3, 0.4) is 0 Å². The third kappa shape index (κ3) is 4.94. The predicted octanol–water partition coefficient (Wildman–Crippen LogP) is 7.80. The lowest BCUT2D eigenvalue weighted by Gasteiger charge is -2.29. The average Bonchev–Trinajstić information content (AvgIpc) is 3.11. The Labute approximate surface area is 256 Å². The van der Waals surface area contributed by atoms with Gasteiger partial charge in [0.05, 0.1) is 0 Å². The molecule has 1 aliphatic heterocycles. The molecule has 1 aliphatic rings. The maximum atomic E-state index is 6.37. The molecule has 1 atom stereocenters. The van der Waals surface area contributed by atoms with Crippen molar-refractivity contribution in [3.8, 4) is 56.9 Å². The quantitative estimate of drug-likeness (QED) is 0.193. The van der Waals surface area contributed by atoms with E-state index in [1.165, 1.54) is 15.9 Å². The molecule has 3 heterocycles. The third-order valence-corrected chi connectivity index (χ3v) is 10.1. The van der Waals surface area contributed by atoms with Crippen LogP contribution in [0.2, 0.25) is 0 Å². The van der Waals surface area contributed by atoms with Gasteiger partial charge in [-0.15, -0.1) is 0 Å². The van der Waals surface area contributed by atoms with Gasteiger partial charge in [-0.05, 0) is 43.1 Å². The SMILES string of the molecule is c1ccc(-c2nc(-c3ccccc3)nc(-c3ccc(-c4ccc5c(c4)P(c4ccccc4)c4ccccc4O5)cn3)n2)cc1. The Morgan fingerprint density at radius 2 is 1.00 bits per heavy atom. The summed E-state index contributed by atoms with van der Waals surface area (Å²) >= 11 is 0. The molecule has 0 saturated heterocycles. The van der Waals surface area contributed by atoms with E-state index < -0.39 is 7.92 Å². The first-order chi connectivity index (χ1) is 21.8. The van der Waals surface area contributed by atoms with Gasteiger partial charge in [-0.3, -0.25) is 4.98 Å². The van der Waals surface area contributed by atoms with E-state index in [2.05, 4.69) is 72.8 Å². The molecule has 208 valence electrons. The number of aromatic nitrogens is 4. The van der Waals surface area contributed by atoms with Gasteiger partial charge in [0.2, 0.25) is 0 Å². The molecule has 44 heavy (non-hydrogen) atoms. The highest BCUT2D eigenvalue weighted by Gasteiger charge is 2.28. The lowest BCUT2D eigenvalue weighted by Crippen LogP contribution is -2.27. The van der Waals surface area contributed by atoms with Crippen LogP contribution in [0.15, 0.2) is 152 Å². The van der Waals surface area contributed by atoms with Crippen molar-refractivity contribution < 1.29 is 4.74 Å². The second-order valence-electron chi connectivity index (χ2n) is 10.4. The molecule has 5 aromatic carbocycles. The van der Waals surface area contributed by atoms with Crippen molar-refractivity contribution in [3.63, 3.8) is 0 Å². The average molecular weight is 585 g/mol. The number of ether oxygens (including phenoxy) is 1. The molecule has 7 aromatic rings. The maximum absolute atomic E-state index is 6.37. The molecule has 0 aliphatic carbocycles. The number of hydrogen-bond donors (Lipinski definition) is 0. The van der Waals surface area contributed by atoms with Gasteiger partial charge in [-0.2, -0.15) is 0 Å². The topological polar surface area (TPSA) is 60.8 Å². The number of fused-ring (bicyclic) bond motifs is 2. The number of nitrogens with zero attached hydrogens (tertiary/aromatic N) is 4. The fourth-order valence-corrected chi connectivity index (χ4v) is 7.88. The number of pyridine rings is 1. The zero-order valence-electron chi connectivity index (χ0n) is 23.6. The molecule has 5 nitrogen and oxygen atoms in total. The van der Waals surface area contributed by atoms with Crippen LogP contribution < -0.4 is 20.7 Å². The minimum absolute atomic E-state index is 0.535. The van der Waals surface area contributed by atoms with E-state index in [-0.39, 0.29) is 0 Å². The first kappa shape index (κ1) is 26.1. The van der Waals surface area contributed by atoms with E-state index in [9.17, 15) is 0 Å². The summed E-state index contributed by atoms with van der Waals surface area (Å²) in [6, 6.07) is 49.5. The zero-order valence-corrected chi connectivity index (χ0v) is 24.5. The molecule has 0 fully saturated rings. The van der Waals surface area contributed by atoms with Gasteiger partial charge in [0.1, 0.15) is 17.2 Å². The van der Waals surface area contributed by atoms with E-state index in [0.29, 0.717) is 23.2 Å². The third-order valence-electron chi connectivity index (χ3n) is 7.57. The fourth-order valence-electron chi connectivity index (χ4n) is 5.41. The van der Waals surface area contributed by atoms with Crippen LogP contribution in [0.25, 0.3) is 45.4 Å². The summed E-state index contributed by atoms with van der Waals surface area (Å²) in [5.41, 5.74) is 4.64. The van der Waals surface area contributed by atoms with E-state index >= 15 is 0 Å². The molecule has 8 rings (SSSR count). The zero-order chi connectivity index (χ0) is 29.3. The smallest absolute Gasteiger partial charge is 0.182 e. The minimum Gasteiger partial charge on any atom is -0.456 e. The van der Waals surface area contributed by atoms with Gasteiger partial charge >= 0.3 is 0 Å². The van der Waals surface area contributed by atoms with E-state index in [1.54, 1.807) is 0 Å². The number of rotatable bonds is 5. The predicted molar refractivity (Wildman–Crippen MR) is 178 cm³/mol. The molecule has 0 bridgehead atoms. The number of benzene rings is 5. The fraction of sp³-hybridized carbons (Fsp3) is 0. The normalized spacial score (nSPS) is 13.4. The summed E-state index contributed by atoms with van der Waals surface area (Å²) in [5, 5.41) is 3.72. The first-order valence-corrected chi connectivity index (χ1v) is 15.7. The van der Waals surface area contributed by atoms with Crippen LogP contribution in [0.4, 0.5) is 0 Å². The summed E-state index contributed by atoms with van der Waals surface area (Å²) in [6.45, 7) is 0. The van der Waals surface area contributed by atoms with Gasteiger partial charge in [0, 0.05) is 33.5 Å². The van der Waals surface area contributed by atoms with Crippen LogP contribution in [-0.2, 0) is 0 Å². The van der Waals surface area contributed by atoms with Crippen LogP contribution in [0, 0.1) is 0 Å². The molecular formula is C38H25N4OP. The molecule has 0 amide bonds. The first-order valence-electron chi connectivity index (χ1n) is 14.4. The molecule has 0 radical (unpaired) electrons. The van der Waals surface area contributed by atoms with Crippen molar-refractivity contribution >= 4 is 23.8 Å². The van der Waals surface area contributed by atoms with Gasteiger partial charge in [0.15, 0.2) is 17.5 Å². The molecule has 2 aromatic heterocycles. The van der Waals surface area contributed by atoms with Crippen molar-refractivity contribution in [2.75, 3.05) is 0 Å². The molecule has 0 saturated carbocycles. The highest BCUT2D eigenvalue weighted by Crippen LogP contribution is 2.45.